The van der Waals surface area contributed by atoms with E-state index in [1.807, 2.05) is 0 Å². The van der Waals surface area contributed by atoms with Crippen LogP contribution in [0, 0.1) is 5.82 Å². The Morgan fingerprint density at radius 3 is 2.64 bits per heavy atom. The lowest BCUT2D eigenvalue weighted by atomic mass is 10.1. The first-order chi connectivity index (χ1) is 6.74. The van der Waals surface area contributed by atoms with Crippen LogP contribution in [0.15, 0.2) is 12.1 Å². The largest absolute Gasteiger partial charge is 0.496 e. The van der Waals surface area contributed by atoms with Crippen LogP contribution in [-0.4, -0.2) is 20.5 Å². The summed E-state index contributed by atoms with van der Waals surface area (Å²) in [6, 6.07) is 2.60. The molecule has 0 N–H and O–H groups in total. The lowest BCUT2D eigenvalue weighted by molar-refractivity contribution is 0.111. The molecule has 0 aliphatic heterocycles. The van der Waals surface area contributed by atoms with Gasteiger partial charge in [-0.2, -0.15) is 0 Å². The van der Waals surface area contributed by atoms with Gasteiger partial charge in [-0.05, 0) is 12.1 Å². The minimum atomic E-state index is -0.436. The minimum Gasteiger partial charge on any atom is -0.496 e. The summed E-state index contributed by atoms with van der Waals surface area (Å²) in [5.41, 5.74) is 0.584. The summed E-state index contributed by atoms with van der Waals surface area (Å²) < 4.78 is 23.0. The zero-order valence-corrected chi connectivity index (χ0v) is 8.04. The van der Waals surface area contributed by atoms with Gasteiger partial charge in [-0.3, -0.25) is 4.79 Å². The maximum Gasteiger partial charge on any atom is 0.153 e. The van der Waals surface area contributed by atoms with Crippen molar-refractivity contribution in [1.29, 1.82) is 0 Å². The van der Waals surface area contributed by atoms with Gasteiger partial charge < -0.3 is 9.47 Å². The highest BCUT2D eigenvalue weighted by molar-refractivity contribution is 5.80. The molecule has 0 saturated heterocycles. The van der Waals surface area contributed by atoms with Crippen molar-refractivity contribution in [2.45, 2.75) is 6.61 Å². The second-order valence-electron chi connectivity index (χ2n) is 2.70. The maximum atomic E-state index is 13.3. The molecule has 0 bridgehead atoms. The van der Waals surface area contributed by atoms with Crippen molar-refractivity contribution in [3.8, 4) is 5.75 Å². The molecule has 0 spiro atoms. The van der Waals surface area contributed by atoms with Crippen molar-refractivity contribution in [2.75, 3.05) is 14.2 Å². The Morgan fingerprint density at radius 2 is 2.14 bits per heavy atom. The third-order valence-electron chi connectivity index (χ3n) is 1.85. The Morgan fingerprint density at radius 1 is 1.43 bits per heavy atom. The Kier molecular flexibility index (Phi) is 3.59. The van der Waals surface area contributed by atoms with Crippen LogP contribution in [0.1, 0.15) is 15.9 Å². The fraction of sp³-hybridized carbons (Fsp3) is 0.300. The molecule has 0 fully saturated rings. The summed E-state index contributed by atoms with van der Waals surface area (Å²) in [6.07, 6.45) is 0.622. The van der Waals surface area contributed by atoms with Crippen molar-refractivity contribution in [3.05, 3.63) is 29.1 Å². The molecule has 0 aromatic heterocycles. The number of ether oxygens (including phenoxy) is 2. The quantitative estimate of drug-likeness (QED) is 0.692. The van der Waals surface area contributed by atoms with Gasteiger partial charge in [-0.1, -0.05) is 0 Å². The Bertz CT molecular complexity index is 336. The predicted molar refractivity (Wildman–Crippen MR) is 49.1 cm³/mol. The van der Waals surface area contributed by atoms with Crippen LogP contribution in [0.25, 0.3) is 0 Å². The van der Waals surface area contributed by atoms with Crippen LogP contribution in [0.5, 0.6) is 5.75 Å². The molecule has 4 heteroatoms. The highest BCUT2D eigenvalue weighted by Crippen LogP contribution is 2.25. The number of carbonyl (C=O) groups excluding carboxylic acids is 1. The molecule has 0 atom stereocenters. The molecule has 0 unspecified atom stereocenters. The molecule has 14 heavy (non-hydrogen) atoms. The topological polar surface area (TPSA) is 35.5 Å². The summed E-state index contributed by atoms with van der Waals surface area (Å²) >= 11 is 0. The van der Waals surface area contributed by atoms with Gasteiger partial charge in [0.15, 0.2) is 6.29 Å². The van der Waals surface area contributed by atoms with E-state index in [0.29, 0.717) is 11.8 Å². The first-order valence-corrected chi connectivity index (χ1v) is 4.04. The van der Waals surface area contributed by atoms with Gasteiger partial charge in [0.25, 0.3) is 0 Å². The van der Waals surface area contributed by atoms with E-state index in [4.69, 9.17) is 9.47 Å². The maximum absolute atomic E-state index is 13.3. The number of methoxy groups -OCH3 is 2. The molecule has 0 aliphatic carbocycles. The van der Waals surface area contributed by atoms with Gasteiger partial charge in [0.2, 0.25) is 0 Å². The minimum absolute atomic E-state index is 0.0800. The second-order valence-corrected chi connectivity index (χ2v) is 2.70. The Balaban J connectivity index is 3.26. The highest BCUT2D eigenvalue weighted by atomic mass is 19.1. The molecule has 0 saturated carbocycles. The summed E-state index contributed by atoms with van der Waals surface area (Å²) in [4.78, 5) is 10.6. The fourth-order valence-corrected chi connectivity index (χ4v) is 1.23. The van der Waals surface area contributed by atoms with Gasteiger partial charge in [-0.25, -0.2) is 4.39 Å². The van der Waals surface area contributed by atoms with Crippen molar-refractivity contribution in [1.82, 2.24) is 0 Å². The van der Waals surface area contributed by atoms with E-state index >= 15 is 0 Å². The van der Waals surface area contributed by atoms with Gasteiger partial charge >= 0.3 is 0 Å². The number of hydrogen-bond acceptors (Lipinski definition) is 3. The monoisotopic (exact) mass is 198 g/mol. The third kappa shape index (κ3) is 1.90. The average molecular weight is 198 g/mol. The molecule has 0 amide bonds. The number of aldehydes is 1. The van der Waals surface area contributed by atoms with Crippen LogP contribution >= 0.6 is 0 Å². The summed E-state index contributed by atoms with van der Waals surface area (Å²) in [7, 11) is 2.84. The molecule has 1 aromatic rings. The van der Waals surface area contributed by atoms with Crippen LogP contribution in [0.2, 0.25) is 0 Å². The van der Waals surface area contributed by atoms with Gasteiger partial charge in [0, 0.05) is 7.11 Å². The standard InChI is InChI=1S/C10H11FO3/c1-13-6-8-9(11)4-3-7(5-12)10(8)14-2/h3-5H,6H2,1-2H3. The molecule has 0 heterocycles. The number of rotatable bonds is 4. The molecular weight excluding hydrogens is 187 g/mol. The van der Waals surface area contributed by atoms with Crippen LogP contribution in [-0.2, 0) is 11.3 Å². The van der Waals surface area contributed by atoms with Crippen molar-refractivity contribution in [2.24, 2.45) is 0 Å². The van der Waals surface area contributed by atoms with E-state index in [0.717, 1.165) is 0 Å². The third-order valence-corrected chi connectivity index (χ3v) is 1.85. The Hall–Kier alpha value is -1.42. The summed E-state index contributed by atoms with van der Waals surface area (Å²) in [6.45, 7) is 0.0800. The van der Waals surface area contributed by atoms with Gasteiger partial charge in [-0.15, -0.1) is 0 Å². The highest BCUT2D eigenvalue weighted by Gasteiger charge is 2.13. The van der Waals surface area contributed by atoms with Crippen molar-refractivity contribution >= 4 is 6.29 Å². The zero-order valence-electron chi connectivity index (χ0n) is 8.04. The molecule has 0 aliphatic rings. The lowest BCUT2D eigenvalue weighted by Crippen LogP contribution is -2.01. The summed E-state index contributed by atoms with van der Waals surface area (Å²) in [5.74, 6) is -0.198. The predicted octanol–water partition coefficient (Wildman–Crippen LogP) is 1.79. The van der Waals surface area contributed by atoms with Crippen molar-refractivity contribution in [3.63, 3.8) is 0 Å². The zero-order chi connectivity index (χ0) is 10.6. The average Bonchev–Trinajstić information content (AvgIpc) is 2.21. The normalized spacial score (nSPS) is 9.93. The van der Waals surface area contributed by atoms with E-state index in [1.54, 1.807) is 0 Å². The number of halogens is 1. The second kappa shape index (κ2) is 4.72. The smallest absolute Gasteiger partial charge is 0.153 e. The number of carbonyl (C=O) groups is 1. The molecular formula is C10H11FO3. The van der Waals surface area contributed by atoms with Crippen LogP contribution in [0.3, 0.4) is 0 Å². The number of benzene rings is 1. The molecule has 1 aromatic carbocycles. The molecule has 76 valence electrons. The van der Waals surface area contributed by atoms with E-state index < -0.39 is 5.82 Å². The molecule has 3 nitrogen and oxygen atoms in total. The SMILES string of the molecule is COCc1c(F)ccc(C=O)c1OC. The van der Waals surface area contributed by atoms with Gasteiger partial charge in [0.1, 0.15) is 11.6 Å². The fourth-order valence-electron chi connectivity index (χ4n) is 1.23. The van der Waals surface area contributed by atoms with E-state index in [1.165, 1.54) is 26.4 Å². The van der Waals surface area contributed by atoms with Crippen LogP contribution in [0.4, 0.5) is 4.39 Å². The van der Waals surface area contributed by atoms with E-state index in [2.05, 4.69) is 0 Å². The van der Waals surface area contributed by atoms with Crippen molar-refractivity contribution < 1.29 is 18.7 Å². The first-order valence-electron chi connectivity index (χ1n) is 4.04. The first kappa shape index (κ1) is 10.7. The van der Waals surface area contributed by atoms with Crippen LogP contribution < -0.4 is 4.74 Å². The molecule has 0 radical (unpaired) electrons. The number of hydrogen-bond donors (Lipinski definition) is 0. The van der Waals surface area contributed by atoms with E-state index in [9.17, 15) is 9.18 Å². The summed E-state index contributed by atoms with van der Waals surface area (Å²) in [5, 5.41) is 0. The lowest BCUT2D eigenvalue weighted by Gasteiger charge is -2.10. The Labute approximate surface area is 81.4 Å². The van der Waals surface area contributed by atoms with Gasteiger partial charge in [0.05, 0.1) is 24.8 Å². The van der Waals surface area contributed by atoms with E-state index in [-0.39, 0.29) is 17.9 Å². The molecule has 1 rings (SSSR count).